The quantitative estimate of drug-likeness (QED) is 0.870. The highest BCUT2D eigenvalue weighted by molar-refractivity contribution is 8.00. The Hall–Kier alpha value is -1.26. The van der Waals surface area contributed by atoms with E-state index in [9.17, 15) is 0 Å². The lowest BCUT2D eigenvalue weighted by Crippen LogP contribution is -2.29. The first kappa shape index (κ1) is 11.8. The van der Waals surface area contributed by atoms with Gasteiger partial charge in [0.15, 0.2) is 0 Å². The molecule has 94 valence electrons. The molecule has 1 aliphatic rings. The van der Waals surface area contributed by atoms with E-state index >= 15 is 0 Å². The Balaban J connectivity index is 1.84. The first-order valence-corrected chi connectivity index (χ1v) is 7.22. The second-order valence-electron chi connectivity index (χ2n) is 4.65. The van der Waals surface area contributed by atoms with E-state index in [4.69, 9.17) is 5.73 Å². The minimum Gasteiger partial charge on any atom is -0.383 e. The monoisotopic (exact) mass is 259 g/mol. The molecule has 0 bridgehead atoms. The topological polar surface area (TPSA) is 50.9 Å². The van der Waals surface area contributed by atoms with Gasteiger partial charge in [0.05, 0.1) is 0 Å². The average molecular weight is 259 g/mol. The highest BCUT2D eigenvalue weighted by Gasteiger charge is 2.14. The number of nitrogens with zero attached hydrogens (tertiary/aromatic N) is 1. The molecule has 0 aliphatic carbocycles. The van der Waals surface area contributed by atoms with Crippen molar-refractivity contribution in [1.82, 2.24) is 10.3 Å². The molecule has 1 aromatic carbocycles. The molecule has 0 atom stereocenters. The van der Waals surface area contributed by atoms with Gasteiger partial charge >= 0.3 is 0 Å². The molecule has 1 aliphatic heterocycles. The highest BCUT2D eigenvalue weighted by Crippen LogP contribution is 2.31. The van der Waals surface area contributed by atoms with Gasteiger partial charge in [-0.3, -0.25) is 0 Å². The largest absolute Gasteiger partial charge is 0.383 e. The zero-order chi connectivity index (χ0) is 12.4. The normalized spacial score (nSPS) is 17.1. The first-order chi connectivity index (χ1) is 8.83. The fourth-order valence-corrected chi connectivity index (χ4v) is 3.56. The second kappa shape index (κ2) is 5.16. The van der Waals surface area contributed by atoms with Crippen LogP contribution in [0.2, 0.25) is 0 Å². The Kier molecular flexibility index (Phi) is 3.39. The summed E-state index contributed by atoms with van der Waals surface area (Å²) in [6, 6.07) is 8.49. The number of nitrogens with one attached hydrogen (secondary N) is 1. The fourth-order valence-electron chi connectivity index (χ4n) is 2.36. The minimum absolute atomic E-state index is 0.617. The van der Waals surface area contributed by atoms with Crippen LogP contribution in [0.25, 0.3) is 10.8 Å². The average Bonchev–Trinajstić information content (AvgIpc) is 2.40. The maximum atomic E-state index is 5.86. The van der Waals surface area contributed by atoms with Gasteiger partial charge in [-0.1, -0.05) is 0 Å². The van der Waals surface area contributed by atoms with Crippen LogP contribution in [0, 0.1) is 0 Å². The van der Waals surface area contributed by atoms with Crippen molar-refractivity contribution in [2.75, 3.05) is 18.8 Å². The van der Waals surface area contributed by atoms with Crippen LogP contribution < -0.4 is 11.1 Å². The van der Waals surface area contributed by atoms with Gasteiger partial charge in [-0.05, 0) is 55.6 Å². The van der Waals surface area contributed by atoms with Gasteiger partial charge in [0.1, 0.15) is 5.82 Å². The lowest BCUT2D eigenvalue weighted by Gasteiger charge is -2.22. The van der Waals surface area contributed by atoms with Crippen LogP contribution in [0.1, 0.15) is 12.8 Å². The Morgan fingerprint density at radius 2 is 2.06 bits per heavy atom. The number of piperidine rings is 1. The Labute approximate surface area is 111 Å². The third-order valence-corrected chi connectivity index (χ3v) is 4.69. The van der Waals surface area contributed by atoms with Gasteiger partial charge in [-0.2, -0.15) is 0 Å². The van der Waals surface area contributed by atoms with Gasteiger partial charge in [-0.25, -0.2) is 4.98 Å². The van der Waals surface area contributed by atoms with Crippen LogP contribution in [0.15, 0.2) is 35.4 Å². The zero-order valence-electron chi connectivity index (χ0n) is 10.2. The molecule has 0 unspecified atom stereocenters. The minimum atomic E-state index is 0.617. The van der Waals surface area contributed by atoms with Crippen molar-refractivity contribution in [2.45, 2.75) is 23.0 Å². The molecule has 2 aromatic rings. The summed E-state index contributed by atoms with van der Waals surface area (Å²) in [6.07, 6.45) is 4.28. The molecule has 1 fully saturated rings. The summed E-state index contributed by atoms with van der Waals surface area (Å²) in [7, 11) is 0. The lowest BCUT2D eigenvalue weighted by molar-refractivity contribution is 0.531. The van der Waals surface area contributed by atoms with Crippen molar-refractivity contribution in [1.29, 1.82) is 0 Å². The number of pyridine rings is 1. The van der Waals surface area contributed by atoms with Crippen LogP contribution in [0.4, 0.5) is 5.82 Å². The number of fused-ring (bicyclic) bond motifs is 1. The Morgan fingerprint density at radius 1 is 1.22 bits per heavy atom. The van der Waals surface area contributed by atoms with E-state index < -0.39 is 0 Å². The molecule has 2 heterocycles. The molecule has 0 spiro atoms. The van der Waals surface area contributed by atoms with Crippen LogP contribution in [-0.4, -0.2) is 23.3 Å². The van der Waals surface area contributed by atoms with Gasteiger partial charge in [-0.15, -0.1) is 11.8 Å². The van der Waals surface area contributed by atoms with Crippen molar-refractivity contribution in [3.8, 4) is 0 Å². The summed E-state index contributed by atoms with van der Waals surface area (Å²) in [6.45, 7) is 2.28. The van der Waals surface area contributed by atoms with Crippen LogP contribution >= 0.6 is 11.8 Å². The third-order valence-electron chi connectivity index (χ3n) is 3.36. The third kappa shape index (κ3) is 2.44. The molecule has 0 amide bonds. The first-order valence-electron chi connectivity index (χ1n) is 6.34. The van der Waals surface area contributed by atoms with Crippen LogP contribution in [0.5, 0.6) is 0 Å². The molecule has 3 nitrogen and oxygen atoms in total. The van der Waals surface area contributed by atoms with Gasteiger partial charge < -0.3 is 11.1 Å². The van der Waals surface area contributed by atoms with E-state index in [0.29, 0.717) is 5.82 Å². The van der Waals surface area contributed by atoms with Gasteiger partial charge in [0.25, 0.3) is 0 Å². The molecule has 3 rings (SSSR count). The predicted octanol–water partition coefficient (Wildman–Crippen LogP) is 2.66. The maximum Gasteiger partial charge on any atom is 0.131 e. The maximum absolute atomic E-state index is 5.86. The molecule has 3 N–H and O–H groups in total. The summed E-state index contributed by atoms with van der Waals surface area (Å²) < 4.78 is 0. The van der Waals surface area contributed by atoms with E-state index in [1.54, 1.807) is 6.20 Å². The molecule has 4 heteroatoms. The van der Waals surface area contributed by atoms with Gasteiger partial charge in [0, 0.05) is 21.7 Å². The summed E-state index contributed by atoms with van der Waals surface area (Å²) in [5.74, 6) is 0.617. The molecule has 0 saturated carbocycles. The van der Waals surface area contributed by atoms with Crippen LogP contribution in [-0.2, 0) is 0 Å². The Bertz CT molecular complexity index is 550. The summed E-state index contributed by atoms with van der Waals surface area (Å²) in [4.78, 5) is 5.45. The van der Waals surface area contributed by atoms with Gasteiger partial charge in [0.2, 0.25) is 0 Å². The summed E-state index contributed by atoms with van der Waals surface area (Å²) in [5, 5.41) is 6.37. The van der Waals surface area contributed by atoms with E-state index in [2.05, 4.69) is 28.5 Å². The number of benzene rings is 1. The number of nitrogens with two attached hydrogens (primary N) is 1. The highest BCUT2D eigenvalue weighted by atomic mass is 32.2. The standard InChI is InChI=1S/C14H17N3S/c15-14-13-2-1-12(9-10(13)3-8-17-14)18-11-4-6-16-7-5-11/h1-3,8-9,11,16H,4-7H2,(H2,15,17). The number of hydrogen-bond acceptors (Lipinski definition) is 4. The number of aromatic nitrogens is 1. The van der Waals surface area contributed by atoms with E-state index in [1.807, 2.05) is 17.8 Å². The number of anilines is 1. The zero-order valence-corrected chi connectivity index (χ0v) is 11.0. The number of thioether (sulfide) groups is 1. The van der Waals surface area contributed by atoms with E-state index in [-0.39, 0.29) is 0 Å². The second-order valence-corrected chi connectivity index (χ2v) is 6.02. The predicted molar refractivity (Wildman–Crippen MR) is 77.9 cm³/mol. The van der Waals surface area contributed by atoms with Crippen molar-refractivity contribution in [3.63, 3.8) is 0 Å². The number of rotatable bonds is 2. The Morgan fingerprint density at radius 3 is 2.89 bits per heavy atom. The number of nitrogen functional groups attached to an aromatic ring is 1. The van der Waals surface area contributed by atoms with Crippen LogP contribution in [0.3, 0.4) is 0 Å². The summed E-state index contributed by atoms with van der Waals surface area (Å²) >= 11 is 1.98. The van der Waals surface area contributed by atoms with Crippen molar-refractivity contribution in [2.24, 2.45) is 0 Å². The molecular formula is C14H17N3S. The molecule has 1 aromatic heterocycles. The molecular weight excluding hydrogens is 242 g/mol. The summed E-state index contributed by atoms with van der Waals surface area (Å²) in [5.41, 5.74) is 5.86. The van der Waals surface area contributed by atoms with E-state index in [0.717, 1.165) is 23.7 Å². The lowest BCUT2D eigenvalue weighted by atomic mass is 10.1. The van der Waals surface area contributed by atoms with Crippen molar-refractivity contribution >= 4 is 28.4 Å². The smallest absolute Gasteiger partial charge is 0.131 e. The SMILES string of the molecule is Nc1nccc2cc(SC3CCNCC3)ccc12. The van der Waals surface area contributed by atoms with Crippen molar-refractivity contribution < 1.29 is 0 Å². The molecule has 18 heavy (non-hydrogen) atoms. The van der Waals surface area contributed by atoms with E-state index in [1.165, 1.54) is 23.1 Å². The number of hydrogen-bond donors (Lipinski definition) is 2. The van der Waals surface area contributed by atoms with Crippen molar-refractivity contribution in [3.05, 3.63) is 30.5 Å². The molecule has 0 radical (unpaired) electrons. The molecule has 1 saturated heterocycles. The fraction of sp³-hybridized carbons (Fsp3) is 0.357.